The minimum absolute atomic E-state index is 0.124. The van der Waals surface area contributed by atoms with Gasteiger partial charge in [0.2, 0.25) is 0 Å². The molecule has 0 unspecified atom stereocenters. The number of aryl methyl sites for hydroxylation is 1. The molecule has 2 N–H and O–H groups in total. The van der Waals surface area contributed by atoms with E-state index in [4.69, 9.17) is 4.74 Å². The molecule has 1 aromatic rings. The molecule has 0 radical (unpaired) electrons. The Bertz CT molecular complexity index is 627. The highest BCUT2D eigenvalue weighted by Crippen LogP contribution is 2.17. The van der Waals surface area contributed by atoms with E-state index in [0.717, 1.165) is 31.2 Å². The van der Waals surface area contributed by atoms with Gasteiger partial charge in [-0.1, -0.05) is 42.7 Å². The predicted molar refractivity (Wildman–Crippen MR) is 102 cm³/mol. The van der Waals surface area contributed by atoms with Gasteiger partial charge in [0.15, 0.2) is 6.10 Å². The van der Waals surface area contributed by atoms with Crippen molar-refractivity contribution in [1.82, 2.24) is 10.6 Å². The van der Waals surface area contributed by atoms with Crippen molar-refractivity contribution in [2.45, 2.75) is 57.4 Å². The lowest BCUT2D eigenvalue weighted by Gasteiger charge is -2.15. The van der Waals surface area contributed by atoms with Crippen LogP contribution in [0.25, 0.3) is 0 Å². The highest BCUT2D eigenvalue weighted by molar-refractivity contribution is 7.99. The number of hydrogen-bond acceptors (Lipinski definition) is 5. The standard InChI is InChI=1S/C19H26N2O4S/c1-13-7-9-15(10-8-13)11-26-12-17(22)25-14(2)18(23)21-19(24)20-16-5-3-4-6-16/h7-10,14,16H,3-6,11-12H2,1-2H3,(H2,20,21,23,24)/t14-/m1/s1. The third-order valence-electron chi connectivity index (χ3n) is 4.21. The maximum absolute atomic E-state index is 11.9. The summed E-state index contributed by atoms with van der Waals surface area (Å²) in [5, 5.41) is 4.99. The summed E-state index contributed by atoms with van der Waals surface area (Å²) in [7, 11) is 0. The van der Waals surface area contributed by atoms with E-state index in [-0.39, 0.29) is 11.8 Å². The van der Waals surface area contributed by atoms with Crippen molar-refractivity contribution in [3.8, 4) is 0 Å². The topological polar surface area (TPSA) is 84.5 Å². The molecule has 0 spiro atoms. The monoisotopic (exact) mass is 378 g/mol. The molecule has 26 heavy (non-hydrogen) atoms. The summed E-state index contributed by atoms with van der Waals surface area (Å²) in [6.45, 7) is 3.48. The molecule has 1 aromatic carbocycles. The van der Waals surface area contributed by atoms with Crippen molar-refractivity contribution in [3.63, 3.8) is 0 Å². The van der Waals surface area contributed by atoms with E-state index in [9.17, 15) is 14.4 Å². The number of imide groups is 1. The summed E-state index contributed by atoms with van der Waals surface area (Å²) in [5.74, 6) is -0.238. The number of carbonyl (C=O) groups is 3. The van der Waals surface area contributed by atoms with Crippen molar-refractivity contribution in [2.75, 3.05) is 5.75 Å². The summed E-state index contributed by atoms with van der Waals surface area (Å²) in [4.78, 5) is 35.5. The molecular formula is C19H26N2O4S. The fraction of sp³-hybridized carbons (Fsp3) is 0.526. The number of hydrogen-bond donors (Lipinski definition) is 2. The molecule has 1 aliphatic carbocycles. The van der Waals surface area contributed by atoms with Crippen LogP contribution in [0.15, 0.2) is 24.3 Å². The summed E-state index contributed by atoms with van der Waals surface area (Å²) in [6, 6.07) is 7.69. The van der Waals surface area contributed by atoms with E-state index < -0.39 is 24.0 Å². The first-order valence-electron chi connectivity index (χ1n) is 8.88. The van der Waals surface area contributed by atoms with E-state index in [1.165, 1.54) is 24.2 Å². The van der Waals surface area contributed by atoms with Crippen LogP contribution in [0.2, 0.25) is 0 Å². The Hall–Kier alpha value is -2.02. The van der Waals surface area contributed by atoms with Crippen molar-refractivity contribution in [1.29, 1.82) is 0 Å². The molecule has 3 amide bonds. The number of esters is 1. The Kier molecular flexibility index (Phi) is 7.97. The number of nitrogens with one attached hydrogen (secondary N) is 2. The SMILES string of the molecule is Cc1ccc(CSCC(=O)O[C@H](C)C(=O)NC(=O)NC2CCCC2)cc1. The molecule has 0 aromatic heterocycles. The molecule has 1 fully saturated rings. The number of benzene rings is 1. The second-order valence-electron chi connectivity index (χ2n) is 6.55. The Morgan fingerprint density at radius 2 is 1.85 bits per heavy atom. The van der Waals surface area contributed by atoms with Crippen LogP contribution in [-0.4, -0.2) is 35.8 Å². The number of ether oxygens (including phenoxy) is 1. The highest BCUT2D eigenvalue weighted by Gasteiger charge is 2.22. The van der Waals surface area contributed by atoms with E-state index in [1.54, 1.807) is 0 Å². The third-order valence-corrected chi connectivity index (χ3v) is 5.19. The first kappa shape index (κ1) is 20.3. The van der Waals surface area contributed by atoms with Crippen LogP contribution < -0.4 is 10.6 Å². The molecule has 0 saturated heterocycles. The lowest BCUT2D eigenvalue weighted by molar-refractivity contribution is -0.151. The van der Waals surface area contributed by atoms with Gasteiger partial charge in [-0.05, 0) is 32.3 Å². The minimum atomic E-state index is -1.00. The quantitative estimate of drug-likeness (QED) is 0.713. The number of amides is 3. The smallest absolute Gasteiger partial charge is 0.321 e. The number of thioether (sulfide) groups is 1. The molecule has 142 valence electrons. The van der Waals surface area contributed by atoms with Gasteiger partial charge >= 0.3 is 12.0 Å². The molecule has 0 bridgehead atoms. The summed E-state index contributed by atoms with van der Waals surface area (Å²) in [5.41, 5.74) is 2.32. The third kappa shape index (κ3) is 7.07. The Labute approximate surface area is 158 Å². The first-order chi connectivity index (χ1) is 12.4. The normalized spacial score (nSPS) is 15.3. The highest BCUT2D eigenvalue weighted by atomic mass is 32.2. The second kappa shape index (κ2) is 10.2. The Morgan fingerprint density at radius 3 is 2.50 bits per heavy atom. The lowest BCUT2D eigenvalue weighted by Crippen LogP contribution is -2.47. The molecule has 0 aliphatic heterocycles. The molecule has 1 saturated carbocycles. The zero-order chi connectivity index (χ0) is 18.9. The van der Waals surface area contributed by atoms with Gasteiger partial charge in [0.05, 0.1) is 5.75 Å². The van der Waals surface area contributed by atoms with E-state index >= 15 is 0 Å². The minimum Gasteiger partial charge on any atom is -0.452 e. The van der Waals surface area contributed by atoms with Gasteiger partial charge in [-0.15, -0.1) is 11.8 Å². The van der Waals surface area contributed by atoms with Gasteiger partial charge in [0.1, 0.15) is 0 Å². The van der Waals surface area contributed by atoms with Crippen molar-refractivity contribution in [3.05, 3.63) is 35.4 Å². The first-order valence-corrected chi connectivity index (χ1v) is 10.0. The Balaban J connectivity index is 1.64. The number of urea groups is 1. The average molecular weight is 378 g/mol. The van der Waals surface area contributed by atoms with E-state index in [2.05, 4.69) is 10.6 Å². The summed E-state index contributed by atoms with van der Waals surface area (Å²) < 4.78 is 5.09. The van der Waals surface area contributed by atoms with Gasteiger partial charge in [-0.25, -0.2) is 4.79 Å². The van der Waals surface area contributed by atoms with Crippen molar-refractivity contribution >= 4 is 29.7 Å². The molecule has 1 aliphatic rings. The predicted octanol–water partition coefficient (Wildman–Crippen LogP) is 2.93. The maximum Gasteiger partial charge on any atom is 0.321 e. The van der Waals surface area contributed by atoms with Crippen LogP contribution in [0, 0.1) is 6.92 Å². The fourth-order valence-electron chi connectivity index (χ4n) is 2.73. The Morgan fingerprint density at radius 1 is 1.19 bits per heavy atom. The zero-order valence-corrected chi connectivity index (χ0v) is 16.1. The van der Waals surface area contributed by atoms with Gasteiger partial charge in [-0.2, -0.15) is 0 Å². The second-order valence-corrected chi connectivity index (χ2v) is 7.54. The van der Waals surface area contributed by atoms with E-state index in [0.29, 0.717) is 5.75 Å². The van der Waals surface area contributed by atoms with Crippen LogP contribution in [0.1, 0.15) is 43.7 Å². The van der Waals surface area contributed by atoms with Crippen LogP contribution in [-0.2, 0) is 20.1 Å². The largest absolute Gasteiger partial charge is 0.452 e. The van der Waals surface area contributed by atoms with Crippen LogP contribution in [0.3, 0.4) is 0 Å². The fourth-order valence-corrected chi connectivity index (χ4v) is 3.49. The average Bonchev–Trinajstić information content (AvgIpc) is 3.09. The van der Waals surface area contributed by atoms with Gasteiger partial charge in [0.25, 0.3) is 5.91 Å². The summed E-state index contributed by atoms with van der Waals surface area (Å²) in [6.07, 6.45) is 3.05. The van der Waals surface area contributed by atoms with Gasteiger partial charge in [-0.3, -0.25) is 14.9 Å². The molecule has 1 atom stereocenters. The van der Waals surface area contributed by atoms with Crippen LogP contribution >= 0.6 is 11.8 Å². The molecular weight excluding hydrogens is 352 g/mol. The number of carbonyl (C=O) groups excluding carboxylic acids is 3. The maximum atomic E-state index is 11.9. The lowest BCUT2D eigenvalue weighted by atomic mass is 10.2. The van der Waals surface area contributed by atoms with Gasteiger partial charge in [0, 0.05) is 11.8 Å². The van der Waals surface area contributed by atoms with Crippen molar-refractivity contribution in [2.24, 2.45) is 0 Å². The van der Waals surface area contributed by atoms with Crippen molar-refractivity contribution < 1.29 is 19.1 Å². The van der Waals surface area contributed by atoms with Crippen LogP contribution in [0.4, 0.5) is 4.79 Å². The molecule has 6 nitrogen and oxygen atoms in total. The molecule has 0 heterocycles. The number of rotatable bonds is 7. The van der Waals surface area contributed by atoms with Crippen LogP contribution in [0.5, 0.6) is 0 Å². The molecule has 2 rings (SSSR count). The van der Waals surface area contributed by atoms with Gasteiger partial charge < -0.3 is 10.1 Å². The zero-order valence-electron chi connectivity index (χ0n) is 15.2. The summed E-state index contributed by atoms with van der Waals surface area (Å²) >= 11 is 1.42. The molecule has 7 heteroatoms. The van der Waals surface area contributed by atoms with E-state index in [1.807, 2.05) is 31.2 Å².